The average Bonchev–Trinajstić information content (AvgIpc) is 2.74. The van der Waals surface area contributed by atoms with E-state index in [1.54, 1.807) is 26.4 Å². The molecule has 2 rings (SSSR count). The molecule has 2 aromatic carbocycles. The molecular weight excluding hydrogens is 352 g/mol. The maximum atomic E-state index is 5.58. The molecule has 0 aromatic heterocycles. The van der Waals surface area contributed by atoms with E-state index in [0.717, 1.165) is 47.0 Å². The molecule has 28 heavy (non-hydrogen) atoms. The molecule has 2 aromatic rings. The molecule has 0 saturated heterocycles. The van der Waals surface area contributed by atoms with E-state index < -0.39 is 0 Å². The van der Waals surface area contributed by atoms with Crippen molar-refractivity contribution in [3.05, 3.63) is 85.0 Å². The summed E-state index contributed by atoms with van der Waals surface area (Å²) in [4.78, 5) is 0. The van der Waals surface area contributed by atoms with Crippen LogP contribution in [0.4, 0.5) is 0 Å². The van der Waals surface area contributed by atoms with E-state index in [9.17, 15) is 0 Å². The fraction of sp³-hybridized carbons (Fsp3) is 0.250. The van der Waals surface area contributed by atoms with Crippen molar-refractivity contribution in [1.29, 1.82) is 0 Å². The zero-order valence-corrected chi connectivity index (χ0v) is 16.6. The lowest BCUT2D eigenvalue weighted by Crippen LogP contribution is -1.97. The van der Waals surface area contributed by atoms with Crippen LogP contribution in [0.3, 0.4) is 0 Å². The van der Waals surface area contributed by atoms with Crippen LogP contribution in [0.5, 0.6) is 23.0 Å². The summed E-state index contributed by atoms with van der Waals surface area (Å²) < 4.78 is 22.0. The van der Waals surface area contributed by atoms with Gasteiger partial charge in [-0.2, -0.15) is 0 Å². The van der Waals surface area contributed by atoms with Gasteiger partial charge in [0.1, 0.15) is 13.2 Å². The van der Waals surface area contributed by atoms with Crippen LogP contribution in [0.15, 0.2) is 73.9 Å². The molecule has 0 saturated carbocycles. The third-order valence-corrected chi connectivity index (χ3v) is 4.04. The minimum atomic E-state index is 0.455. The van der Waals surface area contributed by atoms with E-state index in [4.69, 9.17) is 18.9 Å². The second-order valence-electron chi connectivity index (χ2n) is 6.05. The summed E-state index contributed by atoms with van der Waals surface area (Å²) >= 11 is 0. The van der Waals surface area contributed by atoms with Crippen LogP contribution < -0.4 is 18.9 Å². The molecule has 4 heteroatoms. The summed E-state index contributed by atoms with van der Waals surface area (Å²) in [5, 5.41) is 0. The summed E-state index contributed by atoms with van der Waals surface area (Å²) in [6.45, 7) is 8.23. The van der Waals surface area contributed by atoms with Crippen LogP contribution in [0.2, 0.25) is 0 Å². The van der Waals surface area contributed by atoms with Crippen LogP contribution in [-0.2, 0) is 12.8 Å². The van der Waals surface area contributed by atoms with Crippen LogP contribution in [0.1, 0.15) is 11.1 Å². The summed E-state index contributed by atoms with van der Waals surface area (Å²) in [5.74, 6) is 2.90. The second kappa shape index (κ2) is 11.5. The molecule has 4 nitrogen and oxygen atoms in total. The highest BCUT2D eigenvalue weighted by molar-refractivity contribution is 5.44. The predicted molar refractivity (Wildman–Crippen MR) is 114 cm³/mol. The third-order valence-electron chi connectivity index (χ3n) is 4.04. The van der Waals surface area contributed by atoms with Crippen LogP contribution in [-0.4, -0.2) is 27.4 Å². The largest absolute Gasteiger partial charge is 0.493 e. The van der Waals surface area contributed by atoms with Gasteiger partial charge in [-0.3, -0.25) is 0 Å². The fourth-order valence-corrected chi connectivity index (χ4v) is 2.65. The number of rotatable bonds is 12. The van der Waals surface area contributed by atoms with E-state index in [0.29, 0.717) is 13.2 Å². The fourth-order valence-electron chi connectivity index (χ4n) is 2.65. The summed E-state index contributed by atoms with van der Waals surface area (Å²) in [6, 6.07) is 11.9. The molecule has 0 bridgehead atoms. The van der Waals surface area contributed by atoms with Crippen molar-refractivity contribution < 1.29 is 18.9 Å². The Labute approximate surface area is 167 Å². The van der Waals surface area contributed by atoms with Gasteiger partial charge in [-0.1, -0.05) is 49.6 Å². The first kappa shape index (κ1) is 21.2. The van der Waals surface area contributed by atoms with E-state index in [1.807, 2.05) is 36.4 Å². The second-order valence-corrected chi connectivity index (χ2v) is 6.05. The van der Waals surface area contributed by atoms with Crippen molar-refractivity contribution in [3.8, 4) is 23.0 Å². The van der Waals surface area contributed by atoms with Gasteiger partial charge in [0.15, 0.2) is 23.0 Å². The monoisotopic (exact) mass is 380 g/mol. The topological polar surface area (TPSA) is 36.9 Å². The van der Waals surface area contributed by atoms with Crippen molar-refractivity contribution in [2.24, 2.45) is 0 Å². The van der Waals surface area contributed by atoms with Gasteiger partial charge in [0.05, 0.1) is 14.2 Å². The molecule has 0 fully saturated rings. The van der Waals surface area contributed by atoms with E-state index in [-0.39, 0.29) is 0 Å². The van der Waals surface area contributed by atoms with Gasteiger partial charge < -0.3 is 18.9 Å². The average molecular weight is 380 g/mol. The molecule has 0 spiro atoms. The summed E-state index contributed by atoms with van der Waals surface area (Å²) in [6.07, 6.45) is 9.35. The van der Waals surface area contributed by atoms with Gasteiger partial charge in [-0.15, -0.1) is 0 Å². The highest BCUT2D eigenvalue weighted by atomic mass is 16.5. The molecule has 148 valence electrons. The lowest BCUT2D eigenvalue weighted by Gasteiger charge is -2.11. The lowest BCUT2D eigenvalue weighted by atomic mass is 10.1. The Balaban J connectivity index is 1.96. The first-order valence-electron chi connectivity index (χ1n) is 9.18. The van der Waals surface area contributed by atoms with Crippen LogP contribution in [0, 0.1) is 0 Å². The van der Waals surface area contributed by atoms with Crippen molar-refractivity contribution >= 4 is 0 Å². The molecular formula is C24H28O4. The quantitative estimate of drug-likeness (QED) is 0.476. The first-order chi connectivity index (χ1) is 13.7. The normalized spacial score (nSPS) is 10.5. The molecule has 0 heterocycles. The standard InChI is InChI=1S/C24H28O4/c1-5-15-27-21-13-11-19(17-23(21)25-3)9-7-8-10-20-12-14-22(28-16-6-2)24(18-20)26-4/h5-8,11-14,17-18H,1-2,9-10,15-16H2,3-4H3/b8-7-. The number of hydrogen-bond acceptors (Lipinski definition) is 4. The molecule has 0 N–H and O–H groups in total. The number of methoxy groups -OCH3 is 2. The number of benzene rings is 2. The Bertz CT molecular complexity index is 741. The lowest BCUT2D eigenvalue weighted by molar-refractivity contribution is 0.326. The molecule has 0 aliphatic heterocycles. The van der Waals surface area contributed by atoms with Crippen LogP contribution >= 0.6 is 0 Å². The van der Waals surface area contributed by atoms with E-state index in [2.05, 4.69) is 25.3 Å². The van der Waals surface area contributed by atoms with Gasteiger partial charge in [0.2, 0.25) is 0 Å². The zero-order valence-electron chi connectivity index (χ0n) is 16.6. The predicted octanol–water partition coefficient (Wildman–Crippen LogP) is 5.17. The maximum absolute atomic E-state index is 5.58. The van der Waals surface area contributed by atoms with E-state index in [1.165, 1.54) is 0 Å². The highest BCUT2D eigenvalue weighted by Crippen LogP contribution is 2.29. The Kier molecular flexibility index (Phi) is 8.73. The minimum Gasteiger partial charge on any atom is -0.493 e. The van der Waals surface area contributed by atoms with Crippen molar-refractivity contribution in [2.75, 3.05) is 27.4 Å². The van der Waals surface area contributed by atoms with Gasteiger partial charge >= 0.3 is 0 Å². The maximum Gasteiger partial charge on any atom is 0.161 e. The Hall–Kier alpha value is -3.14. The minimum absolute atomic E-state index is 0.455. The third kappa shape index (κ3) is 6.23. The van der Waals surface area contributed by atoms with Gasteiger partial charge in [-0.05, 0) is 48.2 Å². The van der Waals surface area contributed by atoms with Gasteiger partial charge in [-0.25, -0.2) is 0 Å². The number of ether oxygens (including phenoxy) is 4. The van der Waals surface area contributed by atoms with E-state index >= 15 is 0 Å². The van der Waals surface area contributed by atoms with Crippen LogP contribution in [0.25, 0.3) is 0 Å². The van der Waals surface area contributed by atoms with Crippen molar-refractivity contribution in [1.82, 2.24) is 0 Å². The van der Waals surface area contributed by atoms with Crippen molar-refractivity contribution in [3.63, 3.8) is 0 Å². The summed E-state index contributed by atoms with van der Waals surface area (Å²) in [7, 11) is 3.29. The summed E-state index contributed by atoms with van der Waals surface area (Å²) in [5.41, 5.74) is 2.31. The van der Waals surface area contributed by atoms with Gasteiger partial charge in [0, 0.05) is 0 Å². The molecule has 0 amide bonds. The molecule has 0 radical (unpaired) electrons. The number of hydrogen-bond donors (Lipinski definition) is 0. The molecule has 0 aliphatic rings. The first-order valence-corrected chi connectivity index (χ1v) is 9.18. The highest BCUT2D eigenvalue weighted by Gasteiger charge is 2.06. The Morgan fingerprint density at radius 3 is 1.46 bits per heavy atom. The SMILES string of the molecule is C=CCOc1ccc(C/C=C\Cc2ccc(OCC=C)c(OC)c2)cc1OC. The molecule has 0 unspecified atom stereocenters. The van der Waals surface area contributed by atoms with Gasteiger partial charge in [0.25, 0.3) is 0 Å². The molecule has 0 aliphatic carbocycles. The van der Waals surface area contributed by atoms with Crippen molar-refractivity contribution in [2.45, 2.75) is 12.8 Å². The molecule has 0 atom stereocenters. The number of allylic oxidation sites excluding steroid dienone is 2. The smallest absolute Gasteiger partial charge is 0.161 e. The zero-order chi connectivity index (χ0) is 20.2. The Morgan fingerprint density at radius 2 is 1.11 bits per heavy atom. The Morgan fingerprint density at radius 1 is 0.679 bits per heavy atom.